The van der Waals surface area contributed by atoms with Crippen LogP contribution in [-0.2, 0) is 27.7 Å². The van der Waals surface area contributed by atoms with Gasteiger partial charge in [0.05, 0.1) is 11.9 Å². The third-order valence-electron chi connectivity index (χ3n) is 4.80. The molecule has 0 spiro atoms. The van der Waals surface area contributed by atoms with E-state index in [1.807, 2.05) is 50.2 Å². The first-order valence-corrected chi connectivity index (χ1v) is 10.6. The molecule has 26 heavy (non-hydrogen) atoms. The number of fused-ring (bicyclic) bond motifs is 1. The molecule has 1 aliphatic rings. The first kappa shape index (κ1) is 18.5. The summed E-state index contributed by atoms with van der Waals surface area (Å²) in [7, 11) is -3.58. The van der Waals surface area contributed by atoms with E-state index in [4.69, 9.17) is 0 Å². The van der Waals surface area contributed by atoms with Crippen molar-refractivity contribution in [3.8, 4) is 0 Å². The first-order chi connectivity index (χ1) is 12.3. The Morgan fingerprint density at radius 1 is 1.15 bits per heavy atom. The fourth-order valence-corrected chi connectivity index (χ4v) is 4.46. The number of sulfonamides is 1. The van der Waals surface area contributed by atoms with Crippen molar-refractivity contribution >= 4 is 27.3 Å². The number of anilines is 2. The van der Waals surface area contributed by atoms with Gasteiger partial charge in [-0.15, -0.1) is 0 Å². The van der Waals surface area contributed by atoms with E-state index in [0.717, 1.165) is 29.5 Å². The third kappa shape index (κ3) is 3.46. The van der Waals surface area contributed by atoms with Gasteiger partial charge in [-0.05, 0) is 43.0 Å². The molecule has 0 fully saturated rings. The Labute approximate surface area is 155 Å². The van der Waals surface area contributed by atoms with Crippen LogP contribution in [0.15, 0.2) is 48.5 Å². The van der Waals surface area contributed by atoms with Gasteiger partial charge in [0.1, 0.15) is 6.54 Å². The molecule has 3 rings (SSSR count). The van der Waals surface area contributed by atoms with E-state index in [1.54, 1.807) is 17.0 Å². The van der Waals surface area contributed by atoms with Gasteiger partial charge in [0.25, 0.3) is 0 Å². The number of amides is 1. The molecule has 2 aromatic carbocycles. The maximum absolute atomic E-state index is 13.1. The number of hydrogen-bond donors (Lipinski definition) is 0. The van der Waals surface area contributed by atoms with Gasteiger partial charge in [-0.1, -0.05) is 43.3 Å². The summed E-state index contributed by atoms with van der Waals surface area (Å²) in [5.74, 6) is -0.209. The predicted octanol–water partition coefficient (Wildman–Crippen LogP) is 2.99. The minimum Gasteiger partial charge on any atom is -0.307 e. The summed E-state index contributed by atoms with van der Waals surface area (Å²) in [4.78, 5) is 14.8. The Morgan fingerprint density at radius 3 is 2.50 bits per heavy atom. The molecule has 1 atom stereocenters. The van der Waals surface area contributed by atoms with Crippen LogP contribution in [0.25, 0.3) is 0 Å². The molecule has 1 heterocycles. The van der Waals surface area contributed by atoms with E-state index in [9.17, 15) is 13.2 Å². The number of nitrogens with zero attached hydrogens (tertiary/aromatic N) is 2. The lowest BCUT2D eigenvalue weighted by atomic mass is 10.1. The van der Waals surface area contributed by atoms with Gasteiger partial charge in [-0.2, -0.15) is 0 Å². The molecule has 0 unspecified atom stereocenters. The normalized spacial score (nSPS) is 16.4. The molecule has 5 nitrogen and oxygen atoms in total. The highest BCUT2D eigenvalue weighted by molar-refractivity contribution is 7.92. The van der Waals surface area contributed by atoms with Gasteiger partial charge < -0.3 is 4.90 Å². The van der Waals surface area contributed by atoms with Crippen molar-refractivity contribution in [3.05, 3.63) is 59.7 Å². The van der Waals surface area contributed by atoms with Crippen molar-refractivity contribution in [3.63, 3.8) is 0 Å². The smallest absolute Gasteiger partial charge is 0.248 e. The molecule has 1 amide bonds. The summed E-state index contributed by atoms with van der Waals surface area (Å²) < 4.78 is 26.1. The second-order valence-corrected chi connectivity index (χ2v) is 8.60. The molecule has 138 valence electrons. The van der Waals surface area contributed by atoms with Crippen molar-refractivity contribution in [2.45, 2.75) is 32.7 Å². The van der Waals surface area contributed by atoms with E-state index >= 15 is 0 Å². The van der Waals surface area contributed by atoms with Crippen LogP contribution in [0.2, 0.25) is 0 Å². The molecule has 0 aliphatic carbocycles. The standard InChI is InChI=1S/C20H24N2O3S/c1-4-16-9-5-7-11-18(16)21(26(3,24)25)14-20(23)22-15(2)13-17-10-6-8-12-19(17)22/h5-12,15H,4,13-14H2,1-3H3/t15-/m1/s1. The van der Waals surface area contributed by atoms with E-state index in [0.29, 0.717) is 12.1 Å². The number of carbonyl (C=O) groups is 1. The number of aryl methyl sites for hydroxylation is 1. The van der Waals surface area contributed by atoms with Gasteiger partial charge in [0.15, 0.2) is 0 Å². The Morgan fingerprint density at radius 2 is 1.81 bits per heavy atom. The summed E-state index contributed by atoms with van der Waals surface area (Å²) in [6.07, 6.45) is 2.62. The molecule has 2 aromatic rings. The van der Waals surface area contributed by atoms with Gasteiger partial charge in [0, 0.05) is 11.7 Å². The largest absolute Gasteiger partial charge is 0.307 e. The predicted molar refractivity (Wildman–Crippen MR) is 105 cm³/mol. The second kappa shape index (κ2) is 7.11. The summed E-state index contributed by atoms with van der Waals surface area (Å²) in [5.41, 5.74) is 3.47. The fraction of sp³-hybridized carbons (Fsp3) is 0.350. The number of para-hydroxylation sites is 2. The summed E-state index contributed by atoms with van der Waals surface area (Å²) in [6.45, 7) is 3.76. The topological polar surface area (TPSA) is 57.7 Å². The van der Waals surface area contributed by atoms with Crippen LogP contribution in [0.3, 0.4) is 0 Å². The van der Waals surface area contributed by atoms with Gasteiger partial charge in [-0.25, -0.2) is 8.42 Å². The van der Waals surface area contributed by atoms with Crippen LogP contribution in [-0.4, -0.2) is 33.2 Å². The number of rotatable bonds is 5. The van der Waals surface area contributed by atoms with Crippen molar-refractivity contribution in [1.29, 1.82) is 0 Å². The van der Waals surface area contributed by atoms with Crippen LogP contribution < -0.4 is 9.21 Å². The van der Waals surface area contributed by atoms with Crippen molar-refractivity contribution in [2.24, 2.45) is 0 Å². The van der Waals surface area contributed by atoms with E-state index < -0.39 is 10.0 Å². The van der Waals surface area contributed by atoms with E-state index in [2.05, 4.69) is 0 Å². The zero-order valence-electron chi connectivity index (χ0n) is 15.3. The molecule has 0 bridgehead atoms. The molecular weight excluding hydrogens is 348 g/mol. The second-order valence-electron chi connectivity index (χ2n) is 6.70. The highest BCUT2D eigenvalue weighted by Crippen LogP contribution is 2.32. The molecule has 6 heteroatoms. The lowest BCUT2D eigenvalue weighted by Gasteiger charge is -2.29. The highest BCUT2D eigenvalue weighted by atomic mass is 32.2. The monoisotopic (exact) mass is 372 g/mol. The molecule has 1 aliphatic heterocycles. The third-order valence-corrected chi connectivity index (χ3v) is 5.92. The lowest BCUT2D eigenvalue weighted by Crippen LogP contribution is -2.45. The highest BCUT2D eigenvalue weighted by Gasteiger charge is 2.33. The lowest BCUT2D eigenvalue weighted by molar-refractivity contribution is -0.117. The maximum Gasteiger partial charge on any atom is 0.248 e. The van der Waals surface area contributed by atoms with Crippen molar-refractivity contribution < 1.29 is 13.2 Å². The molecule has 0 saturated carbocycles. The minimum atomic E-state index is -3.58. The Bertz CT molecular complexity index is 924. The molecule has 0 aromatic heterocycles. The molecule has 0 radical (unpaired) electrons. The zero-order chi connectivity index (χ0) is 18.9. The Hall–Kier alpha value is -2.34. The Kier molecular flexibility index (Phi) is 5.05. The van der Waals surface area contributed by atoms with E-state index in [1.165, 1.54) is 4.31 Å². The first-order valence-electron chi connectivity index (χ1n) is 8.78. The number of carbonyl (C=O) groups excluding carboxylic acids is 1. The quantitative estimate of drug-likeness (QED) is 0.811. The number of benzene rings is 2. The van der Waals surface area contributed by atoms with Crippen LogP contribution in [0.5, 0.6) is 0 Å². The SMILES string of the molecule is CCc1ccccc1N(CC(=O)N1c2ccccc2C[C@H]1C)S(C)(=O)=O. The summed E-state index contributed by atoms with van der Waals surface area (Å²) >= 11 is 0. The van der Waals surface area contributed by atoms with Gasteiger partial charge in [0.2, 0.25) is 15.9 Å². The average molecular weight is 372 g/mol. The maximum atomic E-state index is 13.1. The summed E-state index contributed by atoms with van der Waals surface area (Å²) in [6, 6.07) is 15.1. The van der Waals surface area contributed by atoms with Crippen LogP contribution in [0.1, 0.15) is 25.0 Å². The average Bonchev–Trinajstić information content (AvgIpc) is 2.94. The Balaban J connectivity index is 1.95. The van der Waals surface area contributed by atoms with Crippen molar-refractivity contribution in [1.82, 2.24) is 0 Å². The van der Waals surface area contributed by atoms with Crippen LogP contribution in [0.4, 0.5) is 11.4 Å². The number of hydrogen-bond acceptors (Lipinski definition) is 3. The van der Waals surface area contributed by atoms with E-state index in [-0.39, 0.29) is 18.5 Å². The molecule has 0 saturated heterocycles. The molecular formula is C20H24N2O3S. The fourth-order valence-electron chi connectivity index (χ4n) is 3.58. The minimum absolute atomic E-state index is 0.0164. The summed E-state index contributed by atoms with van der Waals surface area (Å²) in [5, 5.41) is 0. The zero-order valence-corrected chi connectivity index (χ0v) is 16.2. The van der Waals surface area contributed by atoms with Gasteiger partial charge >= 0.3 is 0 Å². The van der Waals surface area contributed by atoms with Gasteiger partial charge in [-0.3, -0.25) is 9.10 Å². The van der Waals surface area contributed by atoms with Crippen LogP contribution >= 0.6 is 0 Å². The van der Waals surface area contributed by atoms with Crippen LogP contribution in [0, 0.1) is 0 Å². The molecule has 0 N–H and O–H groups in total. The van der Waals surface area contributed by atoms with Crippen molar-refractivity contribution in [2.75, 3.05) is 22.0 Å².